The van der Waals surface area contributed by atoms with Crippen LogP contribution in [0.25, 0.3) is 10.9 Å². The lowest BCUT2D eigenvalue weighted by atomic mass is 10.2. The topological polar surface area (TPSA) is 15.8 Å². The molecule has 3 heteroatoms. The zero-order valence-corrected chi connectivity index (χ0v) is 9.66. The van der Waals surface area contributed by atoms with E-state index in [0.717, 1.165) is 14.5 Å². The highest BCUT2D eigenvalue weighted by atomic mass is 79.9. The maximum atomic E-state index is 3.53. The van der Waals surface area contributed by atoms with Crippen molar-refractivity contribution in [1.29, 1.82) is 0 Å². The van der Waals surface area contributed by atoms with Crippen molar-refractivity contribution in [2.45, 2.75) is 6.92 Å². The van der Waals surface area contributed by atoms with Gasteiger partial charge in [0.05, 0.1) is 0 Å². The van der Waals surface area contributed by atoms with Crippen LogP contribution in [0.15, 0.2) is 27.3 Å². The molecule has 2 rings (SSSR count). The molecule has 0 amide bonds. The second kappa shape index (κ2) is 2.89. The molecule has 62 valence electrons. The van der Waals surface area contributed by atoms with Gasteiger partial charge in [0, 0.05) is 26.0 Å². The van der Waals surface area contributed by atoms with E-state index in [1.165, 1.54) is 10.9 Å². The first-order valence-corrected chi connectivity index (χ1v) is 5.20. The van der Waals surface area contributed by atoms with Crippen LogP contribution in [0, 0.1) is 6.92 Å². The van der Waals surface area contributed by atoms with Gasteiger partial charge in [-0.15, -0.1) is 0 Å². The largest absolute Gasteiger partial charge is 0.361 e. The number of rotatable bonds is 0. The van der Waals surface area contributed by atoms with E-state index < -0.39 is 0 Å². The normalized spacial score (nSPS) is 10.9. The van der Waals surface area contributed by atoms with Crippen molar-refractivity contribution in [3.8, 4) is 0 Å². The maximum Gasteiger partial charge on any atom is 0.0479 e. The summed E-state index contributed by atoms with van der Waals surface area (Å²) < 4.78 is 2.22. The van der Waals surface area contributed by atoms with Crippen LogP contribution in [0.1, 0.15) is 5.56 Å². The third-order valence-electron chi connectivity index (χ3n) is 1.89. The molecule has 1 nitrogen and oxygen atoms in total. The minimum atomic E-state index is 1.09. The molecule has 0 unspecified atom stereocenters. The maximum absolute atomic E-state index is 3.53. The predicted octanol–water partition coefficient (Wildman–Crippen LogP) is 4.00. The number of hydrogen-bond donors (Lipinski definition) is 1. The molecule has 0 spiro atoms. The van der Waals surface area contributed by atoms with Crippen LogP contribution in [0.4, 0.5) is 0 Å². The summed E-state index contributed by atoms with van der Waals surface area (Å²) in [5, 5.41) is 1.26. The van der Waals surface area contributed by atoms with Gasteiger partial charge < -0.3 is 4.98 Å². The Morgan fingerprint density at radius 3 is 2.75 bits per heavy atom. The molecule has 1 aromatic carbocycles. The van der Waals surface area contributed by atoms with E-state index in [1.54, 1.807) is 0 Å². The zero-order valence-electron chi connectivity index (χ0n) is 6.49. The molecule has 1 N–H and O–H groups in total. The number of H-pyrrole nitrogens is 1. The lowest BCUT2D eigenvalue weighted by Gasteiger charge is -1.97. The van der Waals surface area contributed by atoms with Crippen molar-refractivity contribution in [2.75, 3.05) is 0 Å². The zero-order chi connectivity index (χ0) is 8.72. The van der Waals surface area contributed by atoms with Crippen LogP contribution in [-0.4, -0.2) is 4.98 Å². The Labute approximate surface area is 87.4 Å². The predicted molar refractivity (Wildman–Crippen MR) is 58.4 cm³/mol. The molecule has 0 aliphatic heterocycles. The van der Waals surface area contributed by atoms with Crippen molar-refractivity contribution in [3.63, 3.8) is 0 Å². The quantitative estimate of drug-likeness (QED) is 0.754. The van der Waals surface area contributed by atoms with Crippen LogP contribution < -0.4 is 0 Å². The SMILES string of the molecule is Cc1c[nH]c2cc(Br)cc(Br)c12. The van der Waals surface area contributed by atoms with E-state index >= 15 is 0 Å². The molecule has 12 heavy (non-hydrogen) atoms. The van der Waals surface area contributed by atoms with Crippen molar-refractivity contribution in [3.05, 3.63) is 32.8 Å². The molecule has 0 radical (unpaired) electrons. The van der Waals surface area contributed by atoms with Gasteiger partial charge in [0.15, 0.2) is 0 Å². The first kappa shape index (κ1) is 8.32. The van der Waals surface area contributed by atoms with Crippen LogP contribution in [0.2, 0.25) is 0 Å². The third-order valence-corrected chi connectivity index (χ3v) is 2.98. The molecule has 0 saturated carbocycles. The fourth-order valence-corrected chi connectivity index (χ4v) is 2.88. The number of aromatic amines is 1. The van der Waals surface area contributed by atoms with Crippen molar-refractivity contribution >= 4 is 42.8 Å². The average molecular weight is 289 g/mol. The number of aryl methyl sites for hydroxylation is 1. The molecular formula is C9H7Br2N. The summed E-state index contributed by atoms with van der Waals surface area (Å²) in [6, 6.07) is 4.14. The minimum Gasteiger partial charge on any atom is -0.361 e. The first-order chi connectivity index (χ1) is 5.68. The standard InChI is InChI=1S/C9H7Br2N/c1-5-4-12-8-3-6(10)2-7(11)9(5)8/h2-4,12H,1H3. The fourth-order valence-electron chi connectivity index (χ4n) is 1.35. The Kier molecular flexibility index (Phi) is 2.00. The Balaban J connectivity index is 2.93. The van der Waals surface area contributed by atoms with Gasteiger partial charge in [0.2, 0.25) is 0 Å². The van der Waals surface area contributed by atoms with Gasteiger partial charge in [-0.25, -0.2) is 0 Å². The molecule has 0 fully saturated rings. The number of fused-ring (bicyclic) bond motifs is 1. The van der Waals surface area contributed by atoms with Crippen LogP contribution in [-0.2, 0) is 0 Å². The van der Waals surface area contributed by atoms with Gasteiger partial charge in [-0.05, 0) is 24.6 Å². The molecule has 1 heterocycles. The Hall–Kier alpha value is -0.280. The molecular weight excluding hydrogens is 282 g/mol. The Morgan fingerprint density at radius 1 is 1.25 bits per heavy atom. The van der Waals surface area contributed by atoms with Gasteiger partial charge in [0.25, 0.3) is 0 Å². The van der Waals surface area contributed by atoms with Crippen molar-refractivity contribution in [1.82, 2.24) is 4.98 Å². The summed E-state index contributed by atoms with van der Waals surface area (Å²) in [6.45, 7) is 2.09. The summed E-state index contributed by atoms with van der Waals surface area (Å²) in [5.74, 6) is 0. The van der Waals surface area contributed by atoms with Gasteiger partial charge in [-0.3, -0.25) is 0 Å². The van der Waals surface area contributed by atoms with Crippen molar-refractivity contribution in [2.24, 2.45) is 0 Å². The number of halogens is 2. The molecule has 0 atom stereocenters. The number of hydrogen-bond acceptors (Lipinski definition) is 0. The van der Waals surface area contributed by atoms with E-state index in [1.807, 2.05) is 6.20 Å². The highest BCUT2D eigenvalue weighted by molar-refractivity contribution is 9.11. The summed E-state index contributed by atoms with van der Waals surface area (Å²) in [6.07, 6.45) is 2.02. The lowest BCUT2D eigenvalue weighted by molar-refractivity contribution is 1.42. The third kappa shape index (κ3) is 1.21. The van der Waals surface area contributed by atoms with Crippen LogP contribution >= 0.6 is 31.9 Å². The number of nitrogens with one attached hydrogen (secondary N) is 1. The molecule has 2 aromatic rings. The second-order valence-corrected chi connectivity index (χ2v) is 4.55. The summed E-state index contributed by atoms with van der Waals surface area (Å²) >= 11 is 6.97. The molecule has 0 aliphatic rings. The Morgan fingerprint density at radius 2 is 2.00 bits per heavy atom. The highest BCUT2D eigenvalue weighted by Crippen LogP contribution is 2.30. The summed E-state index contributed by atoms with van der Waals surface area (Å²) in [5.41, 5.74) is 2.43. The summed E-state index contributed by atoms with van der Waals surface area (Å²) in [4.78, 5) is 3.21. The van der Waals surface area contributed by atoms with Gasteiger partial charge in [0.1, 0.15) is 0 Å². The molecule has 1 aromatic heterocycles. The molecule has 0 saturated heterocycles. The lowest BCUT2D eigenvalue weighted by Crippen LogP contribution is -1.73. The smallest absolute Gasteiger partial charge is 0.0479 e. The number of aromatic nitrogens is 1. The van der Waals surface area contributed by atoms with E-state index in [9.17, 15) is 0 Å². The Bertz CT molecular complexity index is 431. The first-order valence-electron chi connectivity index (χ1n) is 3.61. The molecule has 0 bridgehead atoms. The van der Waals surface area contributed by atoms with Crippen LogP contribution in [0.3, 0.4) is 0 Å². The van der Waals surface area contributed by atoms with Crippen LogP contribution in [0.5, 0.6) is 0 Å². The van der Waals surface area contributed by atoms with Gasteiger partial charge >= 0.3 is 0 Å². The van der Waals surface area contributed by atoms with E-state index in [-0.39, 0.29) is 0 Å². The van der Waals surface area contributed by atoms with Crippen molar-refractivity contribution < 1.29 is 0 Å². The monoisotopic (exact) mass is 287 g/mol. The highest BCUT2D eigenvalue weighted by Gasteiger charge is 2.04. The summed E-state index contributed by atoms with van der Waals surface area (Å²) in [7, 11) is 0. The molecule has 0 aliphatic carbocycles. The van der Waals surface area contributed by atoms with E-state index in [4.69, 9.17) is 0 Å². The second-order valence-electron chi connectivity index (χ2n) is 2.78. The average Bonchev–Trinajstić information content (AvgIpc) is 2.31. The van der Waals surface area contributed by atoms with Gasteiger partial charge in [-0.1, -0.05) is 31.9 Å². The van der Waals surface area contributed by atoms with Gasteiger partial charge in [-0.2, -0.15) is 0 Å². The van der Waals surface area contributed by atoms with E-state index in [2.05, 4.69) is 55.9 Å². The van der Waals surface area contributed by atoms with E-state index in [0.29, 0.717) is 0 Å². The minimum absolute atomic E-state index is 1.09. The number of benzene rings is 1. The fraction of sp³-hybridized carbons (Fsp3) is 0.111.